The Labute approximate surface area is 135 Å². The van der Waals surface area contributed by atoms with Crippen molar-refractivity contribution in [1.82, 2.24) is 10.2 Å². The van der Waals surface area contributed by atoms with Crippen LogP contribution in [0.5, 0.6) is 0 Å². The van der Waals surface area contributed by atoms with Crippen LogP contribution in [0, 0.1) is 0 Å². The van der Waals surface area contributed by atoms with Crippen LogP contribution in [0.4, 0.5) is 0 Å². The maximum Gasteiger partial charge on any atom is 0.351 e. The highest BCUT2D eigenvalue weighted by atomic mass is 16.6. The normalized spacial score (nSPS) is 19.2. The molecule has 0 saturated carbocycles. The van der Waals surface area contributed by atoms with Crippen LogP contribution in [-0.2, 0) is 25.6 Å². The van der Waals surface area contributed by atoms with Crippen LogP contribution in [0.2, 0.25) is 0 Å². The van der Waals surface area contributed by atoms with E-state index < -0.39 is 12.1 Å². The van der Waals surface area contributed by atoms with E-state index in [1.807, 2.05) is 41.4 Å². The van der Waals surface area contributed by atoms with Gasteiger partial charge in [0.05, 0.1) is 32.7 Å². The summed E-state index contributed by atoms with van der Waals surface area (Å²) in [5, 5.41) is 3.06. The molecule has 0 spiro atoms. The number of hydrogen-bond donors (Lipinski definition) is 1. The Morgan fingerprint density at radius 3 is 2.96 bits per heavy atom. The van der Waals surface area contributed by atoms with Gasteiger partial charge in [-0.2, -0.15) is 0 Å². The van der Waals surface area contributed by atoms with E-state index in [4.69, 9.17) is 14.2 Å². The summed E-state index contributed by atoms with van der Waals surface area (Å²) in [4.78, 5) is 14.0. The molecule has 0 saturated heterocycles. The second-order valence-electron chi connectivity index (χ2n) is 5.25. The number of benzene rings is 1. The number of carbonyl (C=O) groups is 1. The van der Waals surface area contributed by atoms with Gasteiger partial charge in [-0.15, -0.1) is 0 Å². The third kappa shape index (κ3) is 3.65. The van der Waals surface area contributed by atoms with Crippen molar-refractivity contribution in [2.45, 2.75) is 19.6 Å². The van der Waals surface area contributed by atoms with Crippen molar-refractivity contribution in [1.29, 1.82) is 0 Å². The predicted molar refractivity (Wildman–Crippen MR) is 83.6 cm³/mol. The monoisotopic (exact) mass is 316 g/mol. The molecule has 1 N–H and O–H groups in total. The first-order valence-corrected chi connectivity index (χ1v) is 7.63. The Balaban J connectivity index is 1.66. The van der Waals surface area contributed by atoms with Crippen molar-refractivity contribution in [2.75, 3.05) is 19.9 Å². The van der Waals surface area contributed by atoms with Crippen molar-refractivity contribution in [3.8, 4) is 0 Å². The summed E-state index contributed by atoms with van der Waals surface area (Å²) < 4.78 is 16.6. The van der Waals surface area contributed by atoms with Gasteiger partial charge in [0.25, 0.3) is 0 Å². The van der Waals surface area contributed by atoms with E-state index in [9.17, 15) is 4.79 Å². The number of carbonyl (C=O) groups excluding carboxylic acids is 1. The van der Waals surface area contributed by atoms with Gasteiger partial charge in [-0.25, -0.2) is 4.79 Å². The molecule has 1 aromatic carbocycles. The number of ether oxygens (including phenoxy) is 3. The molecular weight excluding hydrogens is 296 g/mol. The molecule has 0 amide bonds. The van der Waals surface area contributed by atoms with E-state index in [-0.39, 0.29) is 0 Å². The Kier molecular flexibility index (Phi) is 4.83. The highest BCUT2D eigenvalue weighted by molar-refractivity contribution is 5.79. The fourth-order valence-corrected chi connectivity index (χ4v) is 2.46. The lowest BCUT2D eigenvalue weighted by Gasteiger charge is -2.30. The quantitative estimate of drug-likeness (QED) is 0.806. The number of nitrogens with one attached hydrogen (secondary N) is 1. The fourth-order valence-electron chi connectivity index (χ4n) is 2.46. The molecule has 2 aliphatic heterocycles. The largest absolute Gasteiger partial charge is 0.463 e. The van der Waals surface area contributed by atoms with Crippen LogP contribution in [0.1, 0.15) is 12.5 Å². The summed E-state index contributed by atoms with van der Waals surface area (Å²) in [6.07, 6.45) is 2.87. The zero-order chi connectivity index (χ0) is 16.1. The molecule has 3 rings (SSSR count). The molecule has 6 heteroatoms. The van der Waals surface area contributed by atoms with Crippen LogP contribution in [0.3, 0.4) is 0 Å². The van der Waals surface area contributed by atoms with Gasteiger partial charge in [-0.05, 0) is 12.5 Å². The highest BCUT2D eigenvalue weighted by Gasteiger charge is 2.34. The standard InChI is InChI=1S/C17H20N2O4/c1-2-22-17(20)16-14(9-19-12-18-8-15(19)23-16)11-21-10-13-6-4-3-5-7-13/h3-9,16,18H,2,10-12H2,1H3. The van der Waals surface area contributed by atoms with Gasteiger partial charge < -0.3 is 24.4 Å². The molecule has 0 aliphatic carbocycles. The zero-order valence-corrected chi connectivity index (χ0v) is 13.0. The van der Waals surface area contributed by atoms with E-state index in [1.165, 1.54) is 0 Å². The number of nitrogens with zero attached hydrogens (tertiary/aromatic N) is 1. The van der Waals surface area contributed by atoms with Gasteiger partial charge in [-0.3, -0.25) is 0 Å². The molecule has 2 heterocycles. The molecule has 0 aromatic heterocycles. The SMILES string of the molecule is CCOC(=O)C1OC2=CNCN2C=C1COCc1ccccc1. The highest BCUT2D eigenvalue weighted by Crippen LogP contribution is 2.25. The van der Waals surface area contributed by atoms with E-state index in [2.05, 4.69) is 5.32 Å². The second-order valence-corrected chi connectivity index (χ2v) is 5.25. The molecular formula is C17H20N2O4. The van der Waals surface area contributed by atoms with Crippen LogP contribution in [0.15, 0.2) is 54.2 Å². The van der Waals surface area contributed by atoms with E-state index >= 15 is 0 Å². The fraction of sp³-hybridized carbons (Fsp3) is 0.353. The number of fused-ring (bicyclic) bond motifs is 1. The Morgan fingerprint density at radius 2 is 2.17 bits per heavy atom. The molecule has 1 unspecified atom stereocenters. The van der Waals surface area contributed by atoms with Gasteiger partial charge in [0.1, 0.15) is 0 Å². The van der Waals surface area contributed by atoms with Crippen molar-refractivity contribution < 1.29 is 19.0 Å². The molecule has 0 radical (unpaired) electrons. The summed E-state index contributed by atoms with van der Waals surface area (Å²) in [5.41, 5.74) is 1.83. The summed E-state index contributed by atoms with van der Waals surface area (Å²) in [7, 11) is 0. The third-order valence-electron chi connectivity index (χ3n) is 3.55. The van der Waals surface area contributed by atoms with Gasteiger partial charge in [-0.1, -0.05) is 30.3 Å². The lowest BCUT2D eigenvalue weighted by atomic mass is 10.1. The average molecular weight is 316 g/mol. The van der Waals surface area contributed by atoms with Crippen molar-refractivity contribution in [3.63, 3.8) is 0 Å². The minimum absolute atomic E-state index is 0.308. The maximum atomic E-state index is 12.1. The van der Waals surface area contributed by atoms with Gasteiger partial charge in [0.15, 0.2) is 0 Å². The molecule has 2 aliphatic rings. The summed E-state index contributed by atoms with van der Waals surface area (Å²) in [5.74, 6) is 0.226. The Hall–Kier alpha value is -2.47. The zero-order valence-electron chi connectivity index (χ0n) is 13.0. The molecule has 0 bridgehead atoms. The smallest absolute Gasteiger partial charge is 0.351 e. The number of esters is 1. The molecule has 1 aromatic rings. The first-order valence-electron chi connectivity index (χ1n) is 7.63. The van der Waals surface area contributed by atoms with Crippen molar-refractivity contribution in [2.24, 2.45) is 0 Å². The Bertz CT molecular complexity index is 612. The Morgan fingerprint density at radius 1 is 1.35 bits per heavy atom. The van der Waals surface area contributed by atoms with Gasteiger partial charge >= 0.3 is 5.97 Å². The van der Waals surface area contributed by atoms with E-state index in [0.717, 1.165) is 11.1 Å². The lowest BCUT2D eigenvalue weighted by Crippen LogP contribution is -2.37. The molecule has 6 nitrogen and oxygen atoms in total. The van der Waals surface area contributed by atoms with E-state index in [1.54, 1.807) is 13.1 Å². The third-order valence-corrected chi connectivity index (χ3v) is 3.55. The average Bonchev–Trinajstić information content (AvgIpc) is 3.02. The lowest BCUT2D eigenvalue weighted by molar-refractivity contribution is -0.154. The molecule has 23 heavy (non-hydrogen) atoms. The second kappa shape index (κ2) is 7.19. The topological polar surface area (TPSA) is 60.0 Å². The summed E-state index contributed by atoms with van der Waals surface area (Å²) >= 11 is 0. The van der Waals surface area contributed by atoms with Crippen molar-refractivity contribution >= 4 is 5.97 Å². The minimum Gasteiger partial charge on any atom is -0.463 e. The van der Waals surface area contributed by atoms with E-state index in [0.29, 0.717) is 32.4 Å². The van der Waals surface area contributed by atoms with Crippen LogP contribution >= 0.6 is 0 Å². The predicted octanol–water partition coefficient (Wildman–Crippen LogP) is 1.71. The van der Waals surface area contributed by atoms with Crippen LogP contribution in [0.25, 0.3) is 0 Å². The van der Waals surface area contributed by atoms with Gasteiger partial charge in [0.2, 0.25) is 12.0 Å². The van der Waals surface area contributed by atoms with Gasteiger partial charge in [0, 0.05) is 11.8 Å². The molecule has 122 valence electrons. The number of hydrogen-bond acceptors (Lipinski definition) is 6. The molecule has 1 atom stereocenters. The molecule has 0 fully saturated rings. The van der Waals surface area contributed by atoms with Crippen molar-refractivity contribution in [3.05, 3.63) is 59.8 Å². The number of rotatable bonds is 6. The maximum absolute atomic E-state index is 12.1. The van der Waals surface area contributed by atoms with Crippen LogP contribution < -0.4 is 5.32 Å². The summed E-state index contributed by atoms with van der Waals surface area (Å²) in [6, 6.07) is 9.90. The first-order chi connectivity index (χ1) is 11.3. The summed E-state index contributed by atoms with van der Waals surface area (Å²) in [6.45, 7) is 3.50. The minimum atomic E-state index is -0.756. The van der Waals surface area contributed by atoms with Crippen LogP contribution in [-0.4, -0.2) is 36.9 Å². The first kappa shape index (κ1) is 15.4.